The summed E-state index contributed by atoms with van der Waals surface area (Å²) in [4.78, 5) is 35.2. The lowest BCUT2D eigenvalue weighted by atomic mass is 9.88. The van der Waals surface area contributed by atoms with Crippen molar-refractivity contribution in [1.29, 1.82) is 0 Å². The normalized spacial score (nSPS) is 18.3. The molecule has 1 aliphatic rings. The predicted octanol–water partition coefficient (Wildman–Crippen LogP) is 1.90. The highest BCUT2D eigenvalue weighted by Crippen LogP contribution is 2.32. The number of Topliss-reactive ketones (excluding diaryl/α,β-unsaturated/α-hetero) is 1. The van der Waals surface area contributed by atoms with E-state index in [1.807, 2.05) is 34.6 Å². The zero-order chi connectivity index (χ0) is 15.5. The van der Waals surface area contributed by atoms with Gasteiger partial charge in [-0.25, -0.2) is 4.79 Å². The number of hydrogen-bond acceptors (Lipinski definition) is 3. The fourth-order valence-corrected chi connectivity index (χ4v) is 1.97. The molecule has 2 atom stereocenters. The molecule has 0 aromatic heterocycles. The van der Waals surface area contributed by atoms with Crippen LogP contribution in [-0.2, 0) is 9.59 Å². The lowest BCUT2D eigenvalue weighted by Gasteiger charge is -2.28. The van der Waals surface area contributed by atoms with Crippen molar-refractivity contribution in [3.63, 3.8) is 0 Å². The maximum absolute atomic E-state index is 12.1. The van der Waals surface area contributed by atoms with Gasteiger partial charge >= 0.3 is 6.03 Å². The fraction of sp³-hybridized carbons (Fsp3) is 0.800. The van der Waals surface area contributed by atoms with E-state index in [1.165, 1.54) is 0 Å². The number of nitrogens with one attached hydrogen (secondary N) is 2. The first kappa shape index (κ1) is 16.7. The monoisotopic (exact) mass is 282 g/mol. The predicted molar refractivity (Wildman–Crippen MR) is 77.3 cm³/mol. The van der Waals surface area contributed by atoms with Gasteiger partial charge in [-0.05, 0) is 24.2 Å². The van der Waals surface area contributed by atoms with E-state index < -0.39 is 18.1 Å². The van der Waals surface area contributed by atoms with Crippen LogP contribution in [0.5, 0.6) is 0 Å². The summed E-state index contributed by atoms with van der Waals surface area (Å²) in [7, 11) is 0. The molecule has 0 heterocycles. The standard InChI is InChI=1S/C15H26N2O3/c1-9(2)12(13(19)10-6-7-10)17-14(20)16-11(8-18)15(3,4)5/h8-12H,6-7H2,1-5H3,(H2,16,17,20). The van der Waals surface area contributed by atoms with E-state index in [9.17, 15) is 14.4 Å². The van der Waals surface area contributed by atoms with Gasteiger partial charge in [0.05, 0.1) is 12.1 Å². The molecule has 2 N–H and O–H groups in total. The zero-order valence-electron chi connectivity index (χ0n) is 13.0. The van der Waals surface area contributed by atoms with Crippen LogP contribution in [0.1, 0.15) is 47.5 Å². The number of urea groups is 1. The first-order valence-electron chi connectivity index (χ1n) is 7.23. The summed E-state index contributed by atoms with van der Waals surface area (Å²) in [5.41, 5.74) is -0.354. The van der Waals surface area contributed by atoms with Crippen LogP contribution in [0.15, 0.2) is 0 Å². The molecule has 2 unspecified atom stereocenters. The van der Waals surface area contributed by atoms with Gasteiger partial charge in [0, 0.05) is 5.92 Å². The van der Waals surface area contributed by atoms with E-state index in [2.05, 4.69) is 10.6 Å². The molecule has 1 rings (SSSR count). The van der Waals surface area contributed by atoms with Crippen molar-refractivity contribution in [3.8, 4) is 0 Å². The van der Waals surface area contributed by atoms with Crippen LogP contribution in [0, 0.1) is 17.3 Å². The van der Waals surface area contributed by atoms with Crippen LogP contribution >= 0.6 is 0 Å². The lowest BCUT2D eigenvalue weighted by molar-refractivity contribution is -0.123. The van der Waals surface area contributed by atoms with Crippen molar-refractivity contribution in [3.05, 3.63) is 0 Å². The van der Waals surface area contributed by atoms with Gasteiger partial charge in [-0.1, -0.05) is 34.6 Å². The van der Waals surface area contributed by atoms with Gasteiger partial charge in [0.15, 0.2) is 5.78 Å². The van der Waals surface area contributed by atoms with Crippen LogP contribution in [-0.4, -0.2) is 30.2 Å². The van der Waals surface area contributed by atoms with Crippen molar-refractivity contribution in [2.75, 3.05) is 0 Å². The Bertz CT molecular complexity index is 381. The lowest BCUT2D eigenvalue weighted by Crippen LogP contribution is -2.54. The van der Waals surface area contributed by atoms with E-state index in [0.717, 1.165) is 19.1 Å². The minimum Gasteiger partial charge on any atom is -0.328 e. The third kappa shape index (κ3) is 4.62. The van der Waals surface area contributed by atoms with Crippen LogP contribution in [0.2, 0.25) is 0 Å². The van der Waals surface area contributed by atoms with Gasteiger partial charge in [-0.3, -0.25) is 4.79 Å². The largest absolute Gasteiger partial charge is 0.328 e. The minimum atomic E-state index is -0.577. The smallest absolute Gasteiger partial charge is 0.315 e. The van der Waals surface area contributed by atoms with Gasteiger partial charge in [0.2, 0.25) is 0 Å². The summed E-state index contributed by atoms with van der Waals surface area (Å²) in [5, 5.41) is 5.35. The summed E-state index contributed by atoms with van der Waals surface area (Å²) >= 11 is 0. The first-order valence-corrected chi connectivity index (χ1v) is 7.23. The SMILES string of the molecule is CC(C)C(NC(=O)NC(C=O)C(C)(C)C)C(=O)C1CC1. The van der Waals surface area contributed by atoms with Crippen LogP contribution < -0.4 is 10.6 Å². The van der Waals surface area contributed by atoms with Crippen LogP contribution in [0.4, 0.5) is 4.79 Å². The average Bonchev–Trinajstić information content (AvgIpc) is 3.14. The molecular weight excluding hydrogens is 256 g/mol. The number of aldehydes is 1. The maximum atomic E-state index is 12.1. The molecule has 114 valence electrons. The Morgan fingerprint density at radius 3 is 2.05 bits per heavy atom. The van der Waals surface area contributed by atoms with Gasteiger partial charge in [-0.15, -0.1) is 0 Å². The molecule has 0 aromatic rings. The number of rotatable bonds is 6. The van der Waals surface area contributed by atoms with Crippen molar-refractivity contribution >= 4 is 18.1 Å². The highest BCUT2D eigenvalue weighted by molar-refractivity contribution is 5.92. The van der Waals surface area contributed by atoms with Gasteiger partial charge in [-0.2, -0.15) is 0 Å². The Hall–Kier alpha value is -1.39. The Morgan fingerprint density at radius 1 is 1.15 bits per heavy atom. The van der Waals surface area contributed by atoms with Gasteiger partial charge in [0.1, 0.15) is 6.29 Å². The van der Waals surface area contributed by atoms with E-state index in [-0.39, 0.29) is 23.0 Å². The van der Waals surface area contributed by atoms with E-state index in [0.29, 0.717) is 0 Å². The Balaban J connectivity index is 2.62. The molecule has 0 spiro atoms. The summed E-state index contributed by atoms with van der Waals surface area (Å²) < 4.78 is 0. The van der Waals surface area contributed by atoms with Crippen molar-refractivity contribution < 1.29 is 14.4 Å². The van der Waals surface area contributed by atoms with E-state index >= 15 is 0 Å². The highest BCUT2D eigenvalue weighted by atomic mass is 16.2. The molecule has 0 bridgehead atoms. The molecule has 20 heavy (non-hydrogen) atoms. The number of ketones is 1. The highest BCUT2D eigenvalue weighted by Gasteiger charge is 2.37. The number of amides is 2. The number of hydrogen-bond donors (Lipinski definition) is 2. The molecular formula is C15H26N2O3. The second-order valence-electron chi connectivity index (χ2n) is 7.00. The average molecular weight is 282 g/mol. The molecule has 1 saturated carbocycles. The molecule has 0 aromatic carbocycles. The Labute approximate surface area is 120 Å². The zero-order valence-corrected chi connectivity index (χ0v) is 13.0. The first-order chi connectivity index (χ1) is 9.16. The van der Waals surface area contributed by atoms with E-state index in [4.69, 9.17) is 0 Å². The number of carbonyl (C=O) groups excluding carboxylic acids is 3. The Kier molecular flexibility index (Phi) is 5.31. The van der Waals surface area contributed by atoms with Crippen molar-refractivity contribution in [2.24, 2.45) is 17.3 Å². The van der Waals surface area contributed by atoms with Crippen molar-refractivity contribution in [2.45, 2.75) is 59.5 Å². The molecule has 5 nitrogen and oxygen atoms in total. The fourth-order valence-electron chi connectivity index (χ4n) is 1.97. The second kappa shape index (κ2) is 6.37. The topological polar surface area (TPSA) is 75.3 Å². The summed E-state index contributed by atoms with van der Waals surface area (Å²) in [6, 6.07) is -1.51. The van der Waals surface area contributed by atoms with Crippen LogP contribution in [0.3, 0.4) is 0 Å². The molecule has 0 radical (unpaired) electrons. The molecule has 0 saturated heterocycles. The molecule has 2 amide bonds. The van der Waals surface area contributed by atoms with Gasteiger partial charge < -0.3 is 15.4 Å². The molecule has 1 fully saturated rings. The maximum Gasteiger partial charge on any atom is 0.315 e. The third-order valence-electron chi connectivity index (χ3n) is 3.60. The molecule has 0 aliphatic heterocycles. The minimum absolute atomic E-state index is 0.0400. The summed E-state index contributed by atoms with van der Waals surface area (Å²) in [6.07, 6.45) is 2.57. The molecule has 1 aliphatic carbocycles. The summed E-state index contributed by atoms with van der Waals surface area (Å²) in [6.45, 7) is 9.45. The summed E-state index contributed by atoms with van der Waals surface area (Å²) in [5.74, 6) is 0.249. The van der Waals surface area contributed by atoms with Crippen molar-refractivity contribution in [1.82, 2.24) is 10.6 Å². The van der Waals surface area contributed by atoms with E-state index in [1.54, 1.807) is 0 Å². The Morgan fingerprint density at radius 2 is 1.70 bits per heavy atom. The third-order valence-corrected chi connectivity index (χ3v) is 3.60. The molecule has 5 heteroatoms. The number of carbonyl (C=O) groups is 3. The quantitative estimate of drug-likeness (QED) is 0.731. The van der Waals surface area contributed by atoms with Crippen LogP contribution in [0.25, 0.3) is 0 Å². The van der Waals surface area contributed by atoms with Gasteiger partial charge in [0.25, 0.3) is 0 Å². The second-order valence-corrected chi connectivity index (χ2v) is 7.00.